The van der Waals surface area contributed by atoms with Gasteiger partial charge in [-0.05, 0) is 19.8 Å². The third-order valence-electron chi connectivity index (χ3n) is 6.52. The van der Waals surface area contributed by atoms with Crippen molar-refractivity contribution in [2.75, 3.05) is 13.2 Å². The second kappa shape index (κ2) is 22.2. The maximum atomic E-state index is 12.7. The van der Waals surface area contributed by atoms with Crippen LogP contribution in [0.1, 0.15) is 136 Å². The third kappa shape index (κ3) is 16.9. The van der Waals surface area contributed by atoms with Gasteiger partial charge in [0.15, 0.2) is 0 Å². The fourth-order valence-electron chi connectivity index (χ4n) is 4.29. The number of aliphatic hydroxyl groups excluding tert-OH is 3. The maximum absolute atomic E-state index is 12.7. The standard InChI is InChI=1S/C27H55NO4/c1-4-6-8-9-10-11-12-13-14-15-16-17-19-20-24(3)28(22-25(30)23-29)27(32)26(31)21-18-7-5-2/h24-26,29-31H,4-23H2,1-3H3. The van der Waals surface area contributed by atoms with Crippen LogP contribution in [0.15, 0.2) is 0 Å². The molecule has 5 nitrogen and oxygen atoms in total. The Morgan fingerprint density at radius 2 is 1.09 bits per heavy atom. The number of hydrogen-bond donors (Lipinski definition) is 3. The van der Waals surface area contributed by atoms with Crippen LogP contribution in [-0.4, -0.2) is 57.5 Å². The fraction of sp³-hybridized carbons (Fsp3) is 0.963. The van der Waals surface area contributed by atoms with E-state index in [2.05, 4.69) is 13.8 Å². The van der Waals surface area contributed by atoms with Crippen molar-refractivity contribution in [2.45, 2.75) is 155 Å². The van der Waals surface area contributed by atoms with E-state index in [0.717, 1.165) is 38.5 Å². The molecule has 0 fully saturated rings. The molecule has 0 aromatic heterocycles. The first kappa shape index (κ1) is 31.4. The molecule has 32 heavy (non-hydrogen) atoms. The van der Waals surface area contributed by atoms with Gasteiger partial charge in [0.25, 0.3) is 5.91 Å². The third-order valence-corrected chi connectivity index (χ3v) is 6.52. The van der Waals surface area contributed by atoms with Crippen LogP contribution in [0.25, 0.3) is 0 Å². The molecule has 0 aromatic rings. The first-order chi connectivity index (χ1) is 15.5. The van der Waals surface area contributed by atoms with Gasteiger partial charge in [-0.25, -0.2) is 0 Å². The van der Waals surface area contributed by atoms with Gasteiger partial charge < -0.3 is 20.2 Å². The van der Waals surface area contributed by atoms with Crippen molar-refractivity contribution in [3.63, 3.8) is 0 Å². The van der Waals surface area contributed by atoms with Crippen molar-refractivity contribution < 1.29 is 20.1 Å². The highest BCUT2D eigenvalue weighted by Gasteiger charge is 2.27. The zero-order chi connectivity index (χ0) is 24.0. The van der Waals surface area contributed by atoms with Crippen LogP contribution in [0, 0.1) is 0 Å². The molecule has 3 atom stereocenters. The van der Waals surface area contributed by atoms with E-state index in [1.165, 1.54) is 70.6 Å². The number of hydrogen-bond acceptors (Lipinski definition) is 4. The summed E-state index contributed by atoms with van der Waals surface area (Å²) in [5.74, 6) is -0.309. The highest BCUT2D eigenvalue weighted by molar-refractivity contribution is 5.81. The lowest BCUT2D eigenvalue weighted by Crippen LogP contribution is -2.48. The van der Waals surface area contributed by atoms with Crippen LogP contribution in [0.3, 0.4) is 0 Å². The van der Waals surface area contributed by atoms with Crippen molar-refractivity contribution in [3.05, 3.63) is 0 Å². The van der Waals surface area contributed by atoms with Gasteiger partial charge in [-0.1, -0.05) is 117 Å². The highest BCUT2D eigenvalue weighted by atomic mass is 16.3. The Balaban J connectivity index is 4.05. The molecule has 192 valence electrons. The van der Waals surface area contributed by atoms with Gasteiger partial charge in [0.1, 0.15) is 6.10 Å². The van der Waals surface area contributed by atoms with Gasteiger partial charge in [0.05, 0.1) is 12.7 Å². The van der Waals surface area contributed by atoms with Gasteiger partial charge in [-0.3, -0.25) is 4.79 Å². The molecule has 5 heteroatoms. The Morgan fingerprint density at radius 1 is 0.688 bits per heavy atom. The molecule has 3 N–H and O–H groups in total. The van der Waals surface area contributed by atoms with Crippen molar-refractivity contribution in [1.29, 1.82) is 0 Å². The summed E-state index contributed by atoms with van der Waals surface area (Å²) in [5, 5.41) is 29.4. The summed E-state index contributed by atoms with van der Waals surface area (Å²) in [7, 11) is 0. The Morgan fingerprint density at radius 3 is 1.56 bits per heavy atom. The topological polar surface area (TPSA) is 81.0 Å². The number of nitrogens with zero attached hydrogens (tertiary/aromatic N) is 1. The Labute approximate surface area is 199 Å². The van der Waals surface area contributed by atoms with Crippen molar-refractivity contribution in [1.82, 2.24) is 4.90 Å². The summed E-state index contributed by atoms with van der Waals surface area (Å²) in [4.78, 5) is 14.3. The lowest BCUT2D eigenvalue weighted by atomic mass is 10.0. The zero-order valence-electron chi connectivity index (χ0n) is 21.6. The summed E-state index contributed by atoms with van der Waals surface area (Å²) in [6.45, 7) is 6.05. The van der Waals surface area contributed by atoms with E-state index in [0.29, 0.717) is 6.42 Å². The molecule has 0 aliphatic carbocycles. The van der Waals surface area contributed by atoms with Crippen LogP contribution >= 0.6 is 0 Å². The van der Waals surface area contributed by atoms with Gasteiger partial charge in [-0.2, -0.15) is 0 Å². The maximum Gasteiger partial charge on any atom is 0.251 e. The van der Waals surface area contributed by atoms with Gasteiger partial charge in [0.2, 0.25) is 0 Å². The number of aliphatic hydroxyl groups is 3. The molecular formula is C27H55NO4. The smallest absolute Gasteiger partial charge is 0.251 e. The van der Waals surface area contributed by atoms with E-state index in [1.807, 2.05) is 6.92 Å². The Bertz CT molecular complexity index is 418. The SMILES string of the molecule is CCCCCCCCCCCCCCCC(C)N(CC(O)CO)C(=O)C(O)CCCCC. The van der Waals surface area contributed by atoms with Crippen LogP contribution < -0.4 is 0 Å². The molecular weight excluding hydrogens is 402 g/mol. The molecule has 3 unspecified atom stereocenters. The molecule has 0 aliphatic rings. The largest absolute Gasteiger partial charge is 0.394 e. The van der Waals surface area contributed by atoms with Crippen LogP contribution in [0.5, 0.6) is 0 Å². The van der Waals surface area contributed by atoms with Crippen LogP contribution in [0.4, 0.5) is 0 Å². The quantitative estimate of drug-likeness (QED) is 0.165. The number of amides is 1. The molecule has 0 bridgehead atoms. The highest BCUT2D eigenvalue weighted by Crippen LogP contribution is 2.17. The number of carbonyl (C=O) groups is 1. The molecule has 0 heterocycles. The summed E-state index contributed by atoms with van der Waals surface area (Å²) < 4.78 is 0. The number of unbranched alkanes of at least 4 members (excludes halogenated alkanes) is 14. The lowest BCUT2D eigenvalue weighted by molar-refractivity contribution is -0.145. The first-order valence-corrected chi connectivity index (χ1v) is 13.7. The molecule has 1 amide bonds. The average molecular weight is 458 g/mol. The first-order valence-electron chi connectivity index (χ1n) is 13.7. The second-order valence-corrected chi connectivity index (χ2v) is 9.72. The molecule has 0 spiro atoms. The normalized spacial score (nSPS) is 14.3. The van der Waals surface area contributed by atoms with Crippen molar-refractivity contribution >= 4 is 5.91 Å². The Kier molecular flexibility index (Phi) is 21.7. The van der Waals surface area contributed by atoms with Crippen molar-refractivity contribution in [2.24, 2.45) is 0 Å². The predicted molar refractivity (Wildman–Crippen MR) is 135 cm³/mol. The van der Waals surface area contributed by atoms with E-state index >= 15 is 0 Å². The van der Waals surface area contributed by atoms with Crippen molar-refractivity contribution in [3.8, 4) is 0 Å². The summed E-state index contributed by atoms with van der Waals surface area (Å²) in [6.07, 6.45) is 19.3. The molecule has 0 saturated carbocycles. The lowest BCUT2D eigenvalue weighted by Gasteiger charge is -2.32. The molecule has 0 rings (SSSR count). The molecule has 0 aliphatic heterocycles. The Hall–Kier alpha value is -0.650. The fourth-order valence-corrected chi connectivity index (χ4v) is 4.29. The van der Waals surface area contributed by atoms with E-state index in [9.17, 15) is 20.1 Å². The predicted octanol–water partition coefficient (Wildman–Crippen LogP) is 5.98. The van der Waals surface area contributed by atoms with Gasteiger partial charge >= 0.3 is 0 Å². The summed E-state index contributed by atoms with van der Waals surface area (Å²) >= 11 is 0. The molecule has 0 radical (unpaired) electrons. The van der Waals surface area contributed by atoms with E-state index in [-0.39, 0.29) is 25.1 Å². The van der Waals surface area contributed by atoms with E-state index in [4.69, 9.17) is 0 Å². The minimum absolute atomic E-state index is 0.0442. The summed E-state index contributed by atoms with van der Waals surface area (Å²) in [6, 6.07) is -0.0442. The zero-order valence-corrected chi connectivity index (χ0v) is 21.6. The molecule has 0 aromatic carbocycles. The monoisotopic (exact) mass is 457 g/mol. The van der Waals surface area contributed by atoms with E-state index < -0.39 is 12.2 Å². The van der Waals surface area contributed by atoms with Crippen LogP contribution in [0.2, 0.25) is 0 Å². The number of carbonyl (C=O) groups excluding carboxylic acids is 1. The second-order valence-electron chi connectivity index (χ2n) is 9.72. The minimum atomic E-state index is -1.01. The average Bonchev–Trinajstić information content (AvgIpc) is 2.79. The summed E-state index contributed by atoms with van der Waals surface area (Å²) in [5.41, 5.74) is 0. The molecule has 0 saturated heterocycles. The van der Waals surface area contributed by atoms with Gasteiger partial charge in [-0.15, -0.1) is 0 Å². The van der Waals surface area contributed by atoms with Gasteiger partial charge in [0, 0.05) is 12.6 Å². The van der Waals surface area contributed by atoms with Crippen LogP contribution in [-0.2, 0) is 4.79 Å². The van der Waals surface area contributed by atoms with E-state index in [1.54, 1.807) is 4.90 Å². The number of rotatable bonds is 23. The minimum Gasteiger partial charge on any atom is -0.394 e.